The van der Waals surface area contributed by atoms with E-state index >= 15 is 0 Å². The molecule has 5 fully saturated rings. The van der Waals surface area contributed by atoms with Gasteiger partial charge in [0.05, 0.1) is 11.5 Å². The second-order valence-electron chi connectivity index (χ2n) is 11.3. The van der Waals surface area contributed by atoms with E-state index < -0.39 is 5.41 Å². The molecule has 0 radical (unpaired) electrons. The number of esters is 1. The number of ketones is 1. The fourth-order valence-electron chi connectivity index (χ4n) is 9.47. The Labute approximate surface area is 172 Å². The van der Waals surface area contributed by atoms with Crippen molar-refractivity contribution in [2.75, 3.05) is 0 Å². The number of nitrogens with zero attached hydrogens (tertiary/aromatic N) is 1. The van der Waals surface area contributed by atoms with Crippen molar-refractivity contribution in [2.24, 2.45) is 45.7 Å². The maximum atomic E-state index is 12.9. The topological polar surface area (TPSA) is 93.2 Å². The highest BCUT2D eigenvalue weighted by Crippen LogP contribution is 2.77. The van der Waals surface area contributed by atoms with E-state index in [9.17, 15) is 14.9 Å². The molecule has 5 nitrogen and oxygen atoms in total. The van der Waals surface area contributed by atoms with Crippen LogP contribution in [0.25, 0.3) is 0 Å². The standard InChI is InChI=1S/C24H30N2O3/c1-21-8-5-16(27)19-20(26)13(11-23(19,21)12-25)18-14(21)3-7-22(2)15(18)4-9-24(22)10-6-17(28)29-24/h13-15,18H,3-11,26H2,1-2H3. The Balaban J connectivity index is 1.50. The maximum absolute atomic E-state index is 12.9. The van der Waals surface area contributed by atoms with Crippen molar-refractivity contribution in [1.29, 1.82) is 5.26 Å². The van der Waals surface area contributed by atoms with Gasteiger partial charge in [0.25, 0.3) is 0 Å². The Bertz CT molecular complexity index is 933. The molecule has 4 saturated carbocycles. The molecule has 6 aliphatic rings. The molecule has 0 aromatic rings. The van der Waals surface area contributed by atoms with Crippen LogP contribution in [-0.4, -0.2) is 17.4 Å². The molecule has 5 aliphatic carbocycles. The average Bonchev–Trinajstić information content (AvgIpc) is 3.31. The van der Waals surface area contributed by atoms with Crippen molar-refractivity contribution in [3.63, 3.8) is 0 Å². The Morgan fingerprint density at radius 1 is 1.03 bits per heavy atom. The highest BCUT2D eigenvalue weighted by molar-refractivity contribution is 6.00. The Hall–Kier alpha value is -1.83. The van der Waals surface area contributed by atoms with Crippen LogP contribution >= 0.6 is 0 Å². The van der Waals surface area contributed by atoms with Crippen molar-refractivity contribution in [3.05, 3.63) is 11.3 Å². The molecule has 1 saturated heterocycles. The van der Waals surface area contributed by atoms with Crippen LogP contribution in [0.15, 0.2) is 11.3 Å². The molecule has 1 aliphatic heterocycles. The lowest BCUT2D eigenvalue weighted by Gasteiger charge is -2.63. The zero-order valence-corrected chi connectivity index (χ0v) is 17.4. The van der Waals surface area contributed by atoms with E-state index in [4.69, 9.17) is 10.5 Å². The summed E-state index contributed by atoms with van der Waals surface area (Å²) in [7, 11) is 0. The van der Waals surface area contributed by atoms with Crippen LogP contribution in [0, 0.1) is 51.2 Å². The molecule has 8 unspecified atom stereocenters. The minimum atomic E-state index is -0.692. The fourth-order valence-corrected chi connectivity index (χ4v) is 9.47. The monoisotopic (exact) mass is 394 g/mol. The summed E-state index contributed by atoms with van der Waals surface area (Å²) in [6, 6.07) is 2.64. The Kier molecular flexibility index (Phi) is 3.15. The number of carbonyl (C=O) groups excluding carboxylic acids is 2. The summed E-state index contributed by atoms with van der Waals surface area (Å²) in [5, 5.41) is 10.4. The van der Waals surface area contributed by atoms with Crippen LogP contribution in [0.2, 0.25) is 0 Å². The molecule has 0 amide bonds. The molecule has 29 heavy (non-hydrogen) atoms. The van der Waals surface area contributed by atoms with Gasteiger partial charge in [0.1, 0.15) is 5.60 Å². The van der Waals surface area contributed by atoms with Gasteiger partial charge in [-0.25, -0.2) is 0 Å². The molecular formula is C24H30N2O3. The molecule has 1 heterocycles. The van der Waals surface area contributed by atoms with Gasteiger partial charge in [-0.15, -0.1) is 0 Å². The van der Waals surface area contributed by atoms with Crippen molar-refractivity contribution >= 4 is 11.8 Å². The molecule has 5 heteroatoms. The van der Waals surface area contributed by atoms with Crippen LogP contribution < -0.4 is 5.73 Å². The van der Waals surface area contributed by atoms with E-state index in [1.165, 1.54) is 0 Å². The quantitative estimate of drug-likeness (QED) is 0.633. The fraction of sp³-hybridized carbons (Fsp3) is 0.792. The van der Waals surface area contributed by atoms with Gasteiger partial charge in [-0.2, -0.15) is 5.26 Å². The predicted octanol–water partition coefficient (Wildman–Crippen LogP) is 3.63. The molecule has 0 aromatic heterocycles. The molecule has 2 N–H and O–H groups in total. The SMILES string of the molecule is CC12CCC3C(C4CC5(C#N)C(=C4N)C(=O)CCC35C)C1CCC21CCC(=O)O1. The number of nitriles is 1. The first-order valence-electron chi connectivity index (χ1n) is 11.4. The number of ether oxygens (including phenoxy) is 1. The summed E-state index contributed by atoms with van der Waals surface area (Å²) in [5.74, 6) is 1.44. The second kappa shape index (κ2) is 5.07. The van der Waals surface area contributed by atoms with Gasteiger partial charge in [-0.3, -0.25) is 9.59 Å². The van der Waals surface area contributed by atoms with E-state index in [0.29, 0.717) is 42.6 Å². The number of hydrogen-bond donors (Lipinski definition) is 1. The number of rotatable bonds is 0. The van der Waals surface area contributed by atoms with Crippen molar-refractivity contribution < 1.29 is 14.3 Å². The largest absolute Gasteiger partial charge is 0.458 e. The summed E-state index contributed by atoms with van der Waals surface area (Å²) < 4.78 is 6.05. The van der Waals surface area contributed by atoms with E-state index in [0.717, 1.165) is 44.2 Å². The van der Waals surface area contributed by atoms with Gasteiger partial charge in [0.2, 0.25) is 0 Å². The minimum Gasteiger partial charge on any atom is -0.458 e. The van der Waals surface area contributed by atoms with Gasteiger partial charge >= 0.3 is 5.97 Å². The third-order valence-corrected chi connectivity index (χ3v) is 10.9. The van der Waals surface area contributed by atoms with Crippen molar-refractivity contribution in [3.8, 4) is 6.07 Å². The lowest BCUT2D eigenvalue weighted by atomic mass is 9.40. The zero-order chi connectivity index (χ0) is 20.4. The van der Waals surface area contributed by atoms with Gasteiger partial charge in [0.15, 0.2) is 5.78 Å². The molecule has 1 spiro atoms. The molecule has 6 rings (SSSR count). The molecule has 154 valence electrons. The zero-order valence-electron chi connectivity index (χ0n) is 17.4. The number of allylic oxidation sites excluding steroid dienone is 2. The normalized spacial score (nSPS) is 54.9. The van der Waals surface area contributed by atoms with E-state index in [1.54, 1.807) is 0 Å². The Morgan fingerprint density at radius 2 is 1.76 bits per heavy atom. The molecule has 0 aromatic carbocycles. The average molecular weight is 395 g/mol. The van der Waals surface area contributed by atoms with Crippen LogP contribution in [0.1, 0.15) is 71.6 Å². The minimum absolute atomic E-state index is 0.0189. The first-order chi connectivity index (χ1) is 13.7. The summed E-state index contributed by atoms with van der Waals surface area (Å²) in [6.45, 7) is 4.63. The second-order valence-corrected chi connectivity index (χ2v) is 11.3. The Morgan fingerprint density at radius 3 is 2.45 bits per heavy atom. The molecule has 2 bridgehead atoms. The van der Waals surface area contributed by atoms with Crippen molar-refractivity contribution in [1.82, 2.24) is 0 Å². The third-order valence-electron chi connectivity index (χ3n) is 10.9. The third kappa shape index (κ3) is 1.69. The summed E-state index contributed by atoms with van der Waals surface area (Å²) in [4.78, 5) is 25.0. The van der Waals surface area contributed by atoms with Crippen molar-refractivity contribution in [2.45, 2.75) is 77.2 Å². The van der Waals surface area contributed by atoms with Gasteiger partial charge in [0, 0.05) is 35.4 Å². The predicted molar refractivity (Wildman–Crippen MR) is 105 cm³/mol. The van der Waals surface area contributed by atoms with Crippen LogP contribution in [0.5, 0.6) is 0 Å². The summed E-state index contributed by atoms with van der Waals surface area (Å²) in [5.41, 5.74) is 6.90. The van der Waals surface area contributed by atoms with Crippen LogP contribution in [0.3, 0.4) is 0 Å². The van der Waals surface area contributed by atoms with E-state index in [2.05, 4.69) is 19.9 Å². The number of carbonyl (C=O) groups is 2. The van der Waals surface area contributed by atoms with E-state index in [1.807, 2.05) is 0 Å². The smallest absolute Gasteiger partial charge is 0.306 e. The lowest BCUT2D eigenvalue weighted by molar-refractivity contribution is -0.179. The first kappa shape index (κ1) is 18.0. The van der Waals surface area contributed by atoms with E-state index in [-0.39, 0.29) is 34.1 Å². The molecular weight excluding hydrogens is 364 g/mol. The van der Waals surface area contributed by atoms with Gasteiger partial charge in [-0.1, -0.05) is 13.8 Å². The lowest BCUT2D eigenvalue weighted by Crippen LogP contribution is -2.60. The number of fused-ring (bicyclic) bond motifs is 7. The highest BCUT2D eigenvalue weighted by Gasteiger charge is 2.74. The first-order valence-corrected chi connectivity index (χ1v) is 11.4. The molecule has 8 atom stereocenters. The number of nitrogens with two attached hydrogens (primary N) is 1. The number of Topliss-reactive ketones (excluding diaryl/α,β-unsaturated/α-hetero) is 1. The number of hydrogen-bond acceptors (Lipinski definition) is 5. The maximum Gasteiger partial charge on any atom is 0.306 e. The summed E-state index contributed by atoms with van der Waals surface area (Å²) >= 11 is 0. The van der Waals surface area contributed by atoms with Gasteiger partial charge < -0.3 is 10.5 Å². The van der Waals surface area contributed by atoms with Crippen LogP contribution in [0.4, 0.5) is 0 Å². The highest BCUT2D eigenvalue weighted by atomic mass is 16.6. The van der Waals surface area contributed by atoms with Gasteiger partial charge in [-0.05, 0) is 68.1 Å². The van der Waals surface area contributed by atoms with Crippen LogP contribution in [-0.2, 0) is 14.3 Å². The summed E-state index contributed by atoms with van der Waals surface area (Å²) in [6.07, 6.45) is 7.52.